The summed E-state index contributed by atoms with van der Waals surface area (Å²) in [5.74, 6) is 0. The van der Waals surface area contributed by atoms with Crippen LogP contribution in [0.3, 0.4) is 0 Å². The summed E-state index contributed by atoms with van der Waals surface area (Å²) in [5.41, 5.74) is 4.87. The number of rotatable bonds is 3. The first-order valence-corrected chi connectivity index (χ1v) is 6.72. The number of hydrogen-bond donors (Lipinski definition) is 1. The summed E-state index contributed by atoms with van der Waals surface area (Å²) in [6.45, 7) is 9.77. The molecule has 0 bridgehead atoms. The molecule has 1 saturated heterocycles. The molecule has 1 heterocycles. The molecule has 0 saturated carbocycles. The normalized spacial score (nSPS) is 18.9. The highest BCUT2D eigenvalue weighted by Gasteiger charge is 2.24. The number of aryl methyl sites for hydroxylation is 3. The smallest absolute Gasteiger partial charge is 0.109 e. The maximum absolute atomic E-state index is 13.5. The van der Waals surface area contributed by atoms with Gasteiger partial charge in [0, 0.05) is 26.2 Å². The predicted octanol–water partition coefficient (Wildman–Crippen LogP) is 2.53. The molecule has 2 rings (SSSR count). The number of alkyl halides is 1. The van der Waals surface area contributed by atoms with Crippen molar-refractivity contribution in [3.8, 4) is 0 Å². The Labute approximate surface area is 109 Å². The van der Waals surface area contributed by atoms with E-state index in [2.05, 4.69) is 43.1 Å². The van der Waals surface area contributed by atoms with Gasteiger partial charge in [0.15, 0.2) is 0 Å². The zero-order valence-electron chi connectivity index (χ0n) is 11.6. The molecule has 0 spiro atoms. The molecule has 1 aliphatic rings. The van der Waals surface area contributed by atoms with Crippen molar-refractivity contribution in [3.63, 3.8) is 0 Å². The van der Waals surface area contributed by atoms with Crippen LogP contribution in [-0.2, 0) is 0 Å². The lowest BCUT2D eigenvalue weighted by Crippen LogP contribution is -2.46. The van der Waals surface area contributed by atoms with Crippen LogP contribution < -0.4 is 5.32 Å². The summed E-state index contributed by atoms with van der Waals surface area (Å²) in [6, 6.07) is 4.24. The fourth-order valence-corrected chi connectivity index (χ4v) is 3.07. The molecular weight excluding hydrogens is 227 g/mol. The number of nitrogens with zero attached hydrogens (tertiary/aromatic N) is 1. The summed E-state index contributed by atoms with van der Waals surface area (Å²) in [5, 5.41) is 3.32. The number of halogens is 1. The lowest BCUT2D eigenvalue weighted by atomic mass is 9.93. The molecule has 0 amide bonds. The fourth-order valence-electron chi connectivity index (χ4n) is 3.07. The van der Waals surface area contributed by atoms with Crippen LogP contribution in [0.4, 0.5) is 4.39 Å². The van der Waals surface area contributed by atoms with Gasteiger partial charge in [-0.1, -0.05) is 17.7 Å². The van der Waals surface area contributed by atoms with Crippen LogP contribution in [0.1, 0.15) is 28.3 Å². The SMILES string of the molecule is Cc1cc(C)c([C@@H](CF)N2CCNCC2)c(C)c1. The Bertz CT molecular complexity index is 388. The minimum Gasteiger partial charge on any atom is -0.314 e. The van der Waals surface area contributed by atoms with Gasteiger partial charge >= 0.3 is 0 Å². The van der Waals surface area contributed by atoms with Gasteiger partial charge in [0.2, 0.25) is 0 Å². The summed E-state index contributed by atoms with van der Waals surface area (Å²) in [7, 11) is 0. The third-order valence-electron chi connectivity index (χ3n) is 3.81. The lowest BCUT2D eigenvalue weighted by Gasteiger charge is -2.35. The first-order valence-electron chi connectivity index (χ1n) is 6.72. The van der Waals surface area contributed by atoms with Crippen molar-refractivity contribution in [2.24, 2.45) is 0 Å². The minimum absolute atomic E-state index is 0.0762. The molecule has 0 unspecified atom stereocenters. The fraction of sp³-hybridized carbons (Fsp3) is 0.600. The molecule has 0 aliphatic carbocycles. The molecule has 1 fully saturated rings. The third kappa shape index (κ3) is 2.73. The van der Waals surface area contributed by atoms with Crippen LogP contribution in [0.2, 0.25) is 0 Å². The molecule has 1 aliphatic heterocycles. The molecule has 1 atom stereocenters. The van der Waals surface area contributed by atoms with Crippen LogP contribution >= 0.6 is 0 Å². The van der Waals surface area contributed by atoms with Crippen LogP contribution in [-0.4, -0.2) is 37.8 Å². The van der Waals surface area contributed by atoms with E-state index in [9.17, 15) is 4.39 Å². The lowest BCUT2D eigenvalue weighted by molar-refractivity contribution is 0.146. The molecule has 1 aromatic carbocycles. The first-order chi connectivity index (χ1) is 8.63. The molecule has 1 aromatic rings. The Hall–Kier alpha value is -0.930. The Morgan fingerprint density at radius 1 is 1.17 bits per heavy atom. The average Bonchev–Trinajstić information content (AvgIpc) is 2.34. The van der Waals surface area contributed by atoms with E-state index < -0.39 is 0 Å². The second-order valence-corrected chi connectivity index (χ2v) is 5.27. The van der Waals surface area contributed by atoms with E-state index in [1.54, 1.807) is 0 Å². The maximum atomic E-state index is 13.5. The maximum Gasteiger partial charge on any atom is 0.109 e. The Morgan fingerprint density at radius 2 is 1.72 bits per heavy atom. The highest BCUT2D eigenvalue weighted by atomic mass is 19.1. The molecule has 0 radical (unpaired) electrons. The summed E-state index contributed by atoms with van der Waals surface area (Å²) < 4.78 is 13.5. The molecule has 1 N–H and O–H groups in total. The van der Waals surface area contributed by atoms with Crippen molar-refractivity contribution in [1.82, 2.24) is 10.2 Å². The van der Waals surface area contributed by atoms with Crippen molar-refractivity contribution < 1.29 is 4.39 Å². The zero-order valence-corrected chi connectivity index (χ0v) is 11.6. The second-order valence-electron chi connectivity index (χ2n) is 5.27. The zero-order chi connectivity index (χ0) is 13.1. The van der Waals surface area contributed by atoms with Crippen molar-refractivity contribution in [2.45, 2.75) is 26.8 Å². The van der Waals surface area contributed by atoms with Crippen LogP contribution in [0.25, 0.3) is 0 Å². The quantitative estimate of drug-likeness (QED) is 0.887. The molecular formula is C15H23FN2. The van der Waals surface area contributed by atoms with E-state index in [-0.39, 0.29) is 12.7 Å². The predicted molar refractivity (Wildman–Crippen MR) is 73.8 cm³/mol. The number of benzene rings is 1. The minimum atomic E-state index is -0.301. The van der Waals surface area contributed by atoms with Gasteiger partial charge in [0.05, 0.1) is 6.04 Å². The standard InChI is InChI=1S/C15H23FN2/c1-11-8-12(2)15(13(3)9-11)14(10-16)18-6-4-17-5-7-18/h8-9,14,17H,4-7,10H2,1-3H3/t14-/m1/s1. The van der Waals surface area contributed by atoms with Gasteiger partial charge in [0.25, 0.3) is 0 Å². The van der Waals surface area contributed by atoms with Crippen molar-refractivity contribution in [1.29, 1.82) is 0 Å². The van der Waals surface area contributed by atoms with Crippen LogP contribution in [0.15, 0.2) is 12.1 Å². The first kappa shape index (κ1) is 13.5. The van der Waals surface area contributed by atoms with Crippen LogP contribution in [0.5, 0.6) is 0 Å². The van der Waals surface area contributed by atoms with E-state index >= 15 is 0 Å². The summed E-state index contributed by atoms with van der Waals surface area (Å²) in [6.07, 6.45) is 0. The van der Waals surface area contributed by atoms with Crippen molar-refractivity contribution >= 4 is 0 Å². The van der Waals surface area contributed by atoms with Crippen LogP contribution in [0, 0.1) is 20.8 Å². The molecule has 18 heavy (non-hydrogen) atoms. The van der Waals surface area contributed by atoms with Crippen molar-refractivity contribution in [3.05, 3.63) is 34.4 Å². The van der Waals surface area contributed by atoms with Gasteiger partial charge < -0.3 is 5.32 Å². The Balaban J connectivity index is 2.32. The van der Waals surface area contributed by atoms with E-state index in [1.807, 2.05) is 0 Å². The highest BCUT2D eigenvalue weighted by Crippen LogP contribution is 2.28. The van der Waals surface area contributed by atoms with E-state index in [0.29, 0.717) is 0 Å². The van der Waals surface area contributed by atoms with Gasteiger partial charge in [-0.25, -0.2) is 4.39 Å². The summed E-state index contributed by atoms with van der Waals surface area (Å²) in [4.78, 5) is 2.27. The molecule has 100 valence electrons. The number of piperazine rings is 1. The van der Waals surface area contributed by atoms with Gasteiger partial charge in [0.1, 0.15) is 6.67 Å². The van der Waals surface area contributed by atoms with E-state index in [0.717, 1.165) is 26.2 Å². The number of hydrogen-bond acceptors (Lipinski definition) is 2. The third-order valence-corrected chi connectivity index (χ3v) is 3.81. The van der Waals surface area contributed by atoms with E-state index in [4.69, 9.17) is 0 Å². The summed E-state index contributed by atoms with van der Waals surface area (Å²) >= 11 is 0. The monoisotopic (exact) mass is 250 g/mol. The topological polar surface area (TPSA) is 15.3 Å². The second kappa shape index (κ2) is 5.81. The van der Waals surface area contributed by atoms with Gasteiger partial charge in [-0.3, -0.25) is 4.90 Å². The van der Waals surface area contributed by atoms with Gasteiger partial charge in [-0.15, -0.1) is 0 Å². The number of nitrogens with one attached hydrogen (secondary N) is 1. The Kier molecular flexibility index (Phi) is 4.36. The van der Waals surface area contributed by atoms with Crippen molar-refractivity contribution in [2.75, 3.05) is 32.9 Å². The highest BCUT2D eigenvalue weighted by molar-refractivity contribution is 5.39. The average molecular weight is 250 g/mol. The largest absolute Gasteiger partial charge is 0.314 e. The Morgan fingerprint density at radius 3 is 2.22 bits per heavy atom. The molecule has 2 nitrogen and oxygen atoms in total. The van der Waals surface area contributed by atoms with E-state index in [1.165, 1.54) is 22.3 Å². The van der Waals surface area contributed by atoms with Gasteiger partial charge in [-0.05, 0) is 37.5 Å². The molecule has 0 aromatic heterocycles. The van der Waals surface area contributed by atoms with Gasteiger partial charge in [-0.2, -0.15) is 0 Å². The molecule has 3 heteroatoms.